The molecule has 0 atom stereocenters. The molecule has 0 heterocycles. The van der Waals surface area contributed by atoms with Crippen molar-refractivity contribution in [1.82, 2.24) is 10.6 Å². The summed E-state index contributed by atoms with van der Waals surface area (Å²) < 4.78 is 10.5. The summed E-state index contributed by atoms with van der Waals surface area (Å²) in [6, 6.07) is 14.5. The van der Waals surface area contributed by atoms with Crippen molar-refractivity contribution in [2.24, 2.45) is 0 Å². The van der Waals surface area contributed by atoms with Gasteiger partial charge in [0.05, 0.1) is 0 Å². The second-order valence-corrected chi connectivity index (χ2v) is 5.54. The van der Waals surface area contributed by atoms with Gasteiger partial charge in [0.25, 0.3) is 5.91 Å². The number of hydrogen-bond acceptors (Lipinski definition) is 4. The molecule has 0 radical (unpaired) electrons. The van der Waals surface area contributed by atoms with Crippen LogP contribution in [0.5, 0.6) is 11.5 Å². The lowest BCUT2D eigenvalue weighted by atomic mass is 10.1. The summed E-state index contributed by atoms with van der Waals surface area (Å²) in [5, 5.41) is 5.23. The topological polar surface area (TPSA) is 76.7 Å². The lowest BCUT2D eigenvalue weighted by molar-refractivity contribution is -0.123. The van der Waals surface area contributed by atoms with E-state index in [2.05, 4.69) is 10.6 Å². The molecule has 0 aliphatic carbocycles. The molecule has 2 amide bonds. The number of carbonyl (C=O) groups is 2. The Labute approximate surface area is 147 Å². The van der Waals surface area contributed by atoms with Gasteiger partial charge in [0.15, 0.2) is 6.61 Å². The zero-order chi connectivity index (χ0) is 18.1. The summed E-state index contributed by atoms with van der Waals surface area (Å²) in [5.41, 5.74) is 2.13. The van der Waals surface area contributed by atoms with Crippen LogP contribution in [-0.4, -0.2) is 31.7 Å². The monoisotopic (exact) mass is 342 g/mol. The van der Waals surface area contributed by atoms with Crippen LogP contribution in [0.2, 0.25) is 0 Å². The van der Waals surface area contributed by atoms with E-state index in [0.29, 0.717) is 18.0 Å². The molecular weight excluding hydrogens is 320 g/mol. The SMILES string of the molecule is Cc1ccc(OCC(=O)NCCNC(=O)Oc2ccccc2)c(C)c1. The van der Waals surface area contributed by atoms with E-state index in [1.165, 1.54) is 0 Å². The molecule has 0 bridgehead atoms. The van der Waals surface area contributed by atoms with Gasteiger partial charge in [0, 0.05) is 13.1 Å². The van der Waals surface area contributed by atoms with Gasteiger partial charge in [-0.05, 0) is 37.6 Å². The fourth-order valence-electron chi connectivity index (χ4n) is 2.15. The molecule has 25 heavy (non-hydrogen) atoms. The summed E-state index contributed by atoms with van der Waals surface area (Å²) >= 11 is 0. The van der Waals surface area contributed by atoms with E-state index in [0.717, 1.165) is 11.1 Å². The van der Waals surface area contributed by atoms with Gasteiger partial charge in [-0.3, -0.25) is 4.79 Å². The summed E-state index contributed by atoms with van der Waals surface area (Å²) in [6.07, 6.45) is -0.563. The Balaban J connectivity index is 1.61. The van der Waals surface area contributed by atoms with Crippen molar-refractivity contribution in [1.29, 1.82) is 0 Å². The molecule has 2 aromatic rings. The first-order valence-corrected chi connectivity index (χ1v) is 8.02. The molecular formula is C19H22N2O4. The van der Waals surface area contributed by atoms with Crippen LogP contribution in [0.1, 0.15) is 11.1 Å². The van der Waals surface area contributed by atoms with Crippen LogP contribution in [0.4, 0.5) is 4.79 Å². The maximum atomic E-state index is 11.8. The lowest BCUT2D eigenvalue weighted by Crippen LogP contribution is -2.37. The van der Waals surface area contributed by atoms with Crippen molar-refractivity contribution in [3.63, 3.8) is 0 Å². The summed E-state index contributed by atoms with van der Waals surface area (Å²) in [7, 11) is 0. The second-order valence-electron chi connectivity index (χ2n) is 5.54. The van der Waals surface area contributed by atoms with Gasteiger partial charge in [0.2, 0.25) is 0 Å². The highest BCUT2D eigenvalue weighted by atomic mass is 16.6. The molecule has 0 fully saturated rings. The van der Waals surface area contributed by atoms with Crippen molar-refractivity contribution in [2.75, 3.05) is 19.7 Å². The highest BCUT2D eigenvalue weighted by Gasteiger charge is 2.06. The maximum Gasteiger partial charge on any atom is 0.412 e. The number of aryl methyl sites for hydroxylation is 2. The Hall–Kier alpha value is -3.02. The predicted molar refractivity (Wildman–Crippen MR) is 94.9 cm³/mol. The number of para-hydroxylation sites is 1. The van der Waals surface area contributed by atoms with Crippen LogP contribution in [0, 0.1) is 13.8 Å². The average Bonchev–Trinajstić information content (AvgIpc) is 2.59. The third-order valence-electron chi connectivity index (χ3n) is 3.36. The number of benzene rings is 2. The van der Waals surface area contributed by atoms with Crippen LogP contribution in [-0.2, 0) is 4.79 Å². The highest BCUT2D eigenvalue weighted by molar-refractivity contribution is 5.77. The summed E-state index contributed by atoms with van der Waals surface area (Å²) in [4.78, 5) is 23.3. The molecule has 132 valence electrons. The van der Waals surface area contributed by atoms with Crippen molar-refractivity contribution in [2.45, 2.75) is 13.8 Å². The van der Waals surface area contributed by atoms with Crippen molar-refractivity contribution in [3.05, 3.63) is 59.7 Å². The standard InChI is InChI=1S/C19H22N2O4/c1-14-8-9-17(15(2)12-14)24-13-18(22)20-10-11-21-19(23)25-16-6-4-3-5-7-16/h3-9,12H,10-11,13H2,1-2H3,(H,20,22)(H,21,23). The minimum atomic E-state index is -0.563. The van der Waals surface area contributed by atoms with Gasteiger partial charge in [-0.25, -0.2) is 4.79 Å². The van der Waals surface area contributed by atoms with Gasteiger partial charge in [-0.2, -0.15) is 0 Å². The number of hydrogen-bond donors (Lipinski definition) is 2. The number of amides is 2. The molecule has 0 aliphatic rings. The molecule has 0 unspecified atom stereocenters. The van der Waals surface area contributed by atoms with Crippen LogP contribution >= 0.6 is 0 Å². The fraction of sp³-hybridized carbons (Fsp3) is 0.263. The largest absolute Gasteiger partial charge is 0.484 e. The molecule has 0 spiro atoms. The van der Waals surface area contributed by atoms with Gasteiger partial charge in [-0.1, -0.05) is 35.9 Å². The highest BCUT2D eigenvalue weighted by Crippen LogP contribution is 2.18. The molecule has 6 nitrogen and oxygen atoms in total. The predicted octanol–water partition coefficient (Wildman–Crippen LogP) is 2.59. The van der Waals surface area contributed by atoms with Crippen molar-refractivity contribution >= 4 is 12.0 Å². The molecule has 6 heteroatoms. The quantitative estimate of drug-likeness (QED) is 0.758. The van der Waals surface area contributed by atoms with Crippen LogP contribution in [0.25, 0.3) is 0 Å². The van der Waals surface area contributed by atoms with E-state index < -0.39 is 6.09 Å². The zero-order valence-electron chi connectivity index (χ0n) is 14.4. The fourth-order valence-corrected chi connectivity index (χ4v) is 2.15. The summed E-state index contributed by atoms with van der Waals surface area (Å²) in [6.45, 7) is 4.42. The molecule has 0 saturated carbocycles. The minimum absolute atomic E-state index is 0.0711. The zero-order valence-corrected chi connectivity index (χ0v) is 14.4. The van der Waals surface area contributed by atoms with E-state index in [1.807, 2.05) is 38.1 Å². The van der Waals surface area contributed by atoms with Crippen LogP contribution < -0.4 is 20.1 Å². The first kappa shape index (κ1) is 18.3. The van der Waals surface area contributed by atoms with E-state index in [9.17, 15) is 9.59 Å². The van der Waals surface area contributed by atoms with Crippen molar-refractivity contribution < 1.29 is 19.1 Å². The minimum Gasteiger partial charge on any atom is -0.484 e. The Morgan fingerprint density at radius 2 is 1.68 bits per heavy atom. The Morgan fingerprint density at radius 3 is 2.40 bits per heavy atom. The van der Waals surface area contributed by atoms with E-state index >= 15 is 0 Å². The van der Waals surface area contributed by atoms with E-state index in [4.69, 9.17) is 9.47 Å². The van der Waals surface area contributed by atoms with Gasteiger partial charge in [-0.15, -0.1) is 0 Å². The number of ether oxygens (including phenoxy) is 2. The molecule has 2 aromatic carbocycles. The first-order valence-electron chi connectivity index (χ1n) is 8.02. The molecule has 2 N–H and O–H groups in total. The van der Waals surface area contributed by atoms with Crippen LogP contribution in [0.3, 0.4) is 0 Å². The van der Waals surface area contributed by atoms with Gasteiger partial charge < -0.3 is 20.1 Å². The van der Waals surface area contributed by atoms with E-state index in [-0.39, 0.29) is 19.1 Å². The normalized spacial score (nSPS) is 10.0. The smallest absolute Gasteiger partial charge is 0.412 e. The second kappa shape index (κ2) is 9.32. The first-order chi connectivity index (χ1) is 12.0. The van der Waals surface area contributed by atoms with E-state index in [1.54, 1.807) is 24.3 Å². The third kappa shape index (κ3) is 6.55. The van der Waals surface area contributed by atoms with Crippen molar-refractivity contribution in [3.8, 4) is 11.5 Å². The van der Waals surface area contributed by atoms with Gasteiger partial charge >= 0.3 is 6.09 Å². The Bertz CT molecular complexity index is 717. The molecule has 0 saturated heterocycles. The number of nitrogens with one attached hydrogen (secondary N) is 2. The maximum absolute atomic E-state index is 11.8. The summed E-state index contributed by atoms with van der Waals surface area (Å²) in [5.74, 6) is 0.898. The Kier molecular flexibility index (Phi) is 6.83. The van der Waals surface area contributed by atoms with Crippen LogP contribution in [0.15, 0.2) is 48.5 Å². The molecule has 0 aliphatic heterocycles. The number of rotatable bonds is 7. The molecule has 2 rings (SSSR count). The Morgan fingerprint density at radius 1 is 0.960 bits per heavy atom. The number of carbonyl (C=O) groups excluding carboxylic acids is 2. The third-order valence-corrected chi connectivity index (χ3v) is 3.36. The molecule has 0 aromatic heterocycles. The lowest BCUT2D eigenvalue weighted by Gasteiger charge is -2.10. The average molecular weight is 342 g/mol. The van der Waals surface area contributed by atoms with Gasteiger partial charge in [0.1, 0.15) is 11.5 Å².